The number of fused-ring (bicyclic) bond motifs is 10. The summed E-state index contributed by atoms with van der Waals surface area (Å²) in [5.41, 5.74) is 5.48. The number of nitrogens with zero attached hydrogens (tertiary/aromatic N) is 4. The van der Waals surface area contributed by atoms with E-state index in [1.807, 2.05) is 33.9 Å². The van der Waals surface area contributed by atoms with Crippen LogP contribution in [0.5, 0.6) is 0 Å². The van der Waals surface area contributed by atoms with E-state index in [1.54, 1.807) is 0 Å². The van der Waals surface area contributed by atoms with Crippen LogP contribution in [0.15, 0.2) is 60.9 Å². The van der Waals surface area contributed by atoms with Crippen molar-refractivity contribution in [2.75, 3.05) is 0 Å². The van der Waals surface area contributed by atoms with Gasteiger partial charge in [-0.25, -0.2) is 0 Å². The summed E-state index contributed by atoms with van der Waals surface area (Å²) in [6.45, 7) is 8.72. The van der Waals surface area contributed by atoms with Crippen molar-refractivity contribution in [2.45, 2.75) is 38.5 Å². The van der Waals surface area contributed by atoms with Gasteiger partial charge < -0.3 is 0 Å². The molecular weight excluding hydrogens is 539 g/mol. The van der Waals surface area contributed by atoms with Gasteiger partial charge in [0.15, 0.2) is 0 Å². The van der Waals surface area contributed by atoms with E-state index in [4.69, 9.17) is 10.2 Å². The molecule has 0 fully saturated rings. The van der Waals surface area contributed by atoms with Crippen molar-refractivity contribution >= 4 is 0 Å². The van der Waals surface area contributed by atoms with Gasteiger partial charge in [0, 0.05) is 12.4 Å². The van der Waals surface area contributed by atoms with Gasteiger partial charge in [-0.2, -0.15) is 57.7 Å². The van der Waals surface area contributed by atoms with E-state index >= 15 is 0 Å². The van der Waals surface area contributed by atoms with E-state index < -0.39 is 0 Å². The Bertz CT molecular complexity index is 1090. The number of benzene rings is 2. The van der Waals surface area contributed by atoms with E-state index in [1.165, 1.54) is 0 Å². The Morgan fingerprint density at radius 1 is 0.655 bits per heavy atom. The zero-order chi connectivity index (χ0) is 19.5. The minimum atomic E-state index is -0.310. The van der Waals surface area contributed by atoms with Crippen molar-refractivity contribution in [3.63, 3.8) is 0 Å². The number of rotatable bonds is 0. The summed E-state index contributed by atoms with van der Waals surface area (Å²) in [6.07, 6.45) is 4.01. The van der Waals surface area contributed by atoms with Crippen LogP contribution in [-0.4, -0.2) is 19.6 Å². The van der Waals surface area contributed by atoms with E-state index in [-0.39, 0.29) is 31.9 Å². The second-order valence-electron chi connectivity index (χ2n) is 8.44. The fourth-order valence-corrected chi connectivity index (χ4v) is 3.77. The van der Waals surface area contributed by atoms with Crippen molar-refractivity contribution in [1.29, 1.82) is 0 Å². The predicted molar refractivity (Wildman–Crippen MR) is 109 cm³/mol. The van der Waals surface area contributed by atoms with Crippen LogP contribution in [0.1, 0.15) is 50.2 Å². The second kappa shape index (κ2) is 6.81. The molecule has 5 rings (SSSR count). The van der Waals surface area contributed by atoms with Crippen LogP contribution in [-0.2, 0) is 31.9 Å². The quantitative estimate of drug-likeness (QED) is 0.294. The third-order valence-electron chi connectivity index (χ3n) is 5.86. The van der Waals surface area contributed by atoms with Crippen LogP contribution in [0.3, 0.4) is 0 Å². The molecule has 0 saturated carbocycles. The molecular formula is C24H22N4Pt. The summed E-state index contributed by atoms with van der Waals surface area (Å²) in [6, 6.07) is 23.8. The molecule has 8 bridgehead atoms. The van der Waals surface area contributed by atoms with Crippen molar-refractivity contribution in [1.82, 2.24) is 19.6 Å². The largest absolute Gasteiger partial charge is 2.00 e. The van der Waals surface area contributed by atoms with Gasteiger partial charge in [0.25, 0.3) is 0 Å². The third kappa shape index (κ3) is 3.10. The molecule has 0 saturated heterocycles. The van der Waals surface area contributed by atoms with Gasteiger partial charge in [0.2, 0.25) is 0 Å². The van der Waals surface area contributed by atoms with Crippen molar-refractivity contribution < 1.29 is 21.1 Å². The van der Waals surface area contributed by atoms with Gasteiger partial charge in [-0.05, 0) is 42.8 Å². The van der Waals surface area contributed by atoms with Gasteiger partial charge in [0.05, 0.1) is 16.8 Å². The molecule has 0 aliphatic carbocycles. The van der Waals surface area contributed by atoms with Crippen LogP contribution >= 0.6 is 0 Å². The van der Waals surface area contributed by atoms with Gasteiger partial charge >= 0.3 is 21.1 Å². The molecule has 29 heavy (non-hydrogen) atoms. The van der Waals surface area contributed by atoms with Gasteiger partial charge in [-0.15, -0.1) is 12.1 Å². The molecule has 0 N–H and O–H groups in total. The van der Waals surface area contributed by atoms with Crippen LogP contribution in [0.25, 0.3) is 11.4 Å². The molecule has 0 amide bonds. The minimum Gasteiger partial charge on any atom is -0.265 e. The number of hydrogen-bond acceptors (Lipinski definition) is 2. The van der Waals surface area contributed by atoms with Crippen LogP contribution in [0, 0.1) is 12.1 Å². The Labute approximate surface area is 185 Å². The van der Waals surface area contributed by atoms with E-state index in [0.717, 1.165) is 33.9 Å². The standard InChI is InChI=1S/C24H22N4.Pt/c1-23(2)17-7-5-9-19(15-17)27-13-11-21(25-27)24(3,4)22-12-14-28(26-22)20-10-6-8-18(23)16-20;/h5-14H,1-4H3;/q-2;+2. The van der Waals surface area contributed by atoms with E-state index in [2.05, 4.69) is 76.2 Å². The first-order chi connectivity index (χ1) is 13.4. The van der Waals surface area contributed by atoms with Gasteiger partial charge in [-0.3, -0.25) is 9.36 Å². The maximum atomic E-state index is 4.86. The summed E-state index contributed by atoms with van der Waals surface area (Å²) in [4.78, 5) is 0. The summed E-state index contributed by atoms with van der Waals surface area (Å²) in [5.74, 6) is 0. The Kier molecular flexibility index (Phi) is 4.66. The molecule has 3 heterocycles. The molecule has 0 spiro atoms. The monoisotopic (exact) mass is 561 g/mol. The maximum Gasteiger partial charge on any atom is 2.00 e. The van der Waals surface area contributed by atoms with Crippen LogP contribution in [0.4, 0.5) is 0 Å². The first-order valence-corrected chi connectivity index (χ1v) is 9.54. The number of aromatic nitrogens is 4. The Hall–Kier alpha value is -2.45. The summed E-state index contributed by atoms with van der Waals surface area (Å²) >= 11 is 0. The first-order valence-electron chi connectivity index (χ1n) is 9.54. The molecule has 0 unspecified atom stereocenters. The Morgan fingerprint density at radius 2 is 1.10 bits per heavy atom. The fourth-order valence-electron chi connectivity index (χ4n) is 3.77. The molecule has 4 aromatic rings. The average Bonchev–Trinajstić information content (AvgIpc) is 3.38. The predicted octanol–water partition coefficient (Wildman–Crippen LogP) is 4.62. The molecule has 2 aromatic carbocycles. The van der Waals surface area contributed by atoms with Crippen LogP contribution < -0.4 is 0 Å². The molecule has 5 heteroatoms. The summed E-state index contributed by atoms with van der Waals surface area (Å²) < 4.78 is 3.80. The van der Waals surface area contributed by atoms with Crippen molar-refractivity contribution in [3.8, 4) is 11.4 Å². The Morgan fingerprint density at radius 3 is 1.55 bits per heavy atom. The SMILES string of the molecule is CC1(C)c2[c-]c(ccc2)-n2ccc(n2)C(C)(C)c2ccn(n2)-c2[c-]c1ccc2.[Pt+2]. The summed E-state index contributed by atoms with van der Waals surface area (Å²) in [5, 5.41) is 9.72. The smallest absolute Gasteiger partial charge is 0.265 e. The molecule has 1 aliphatic rings. The average molecular weight is 562 g/mol. The van der Waals surface area contributed by atoms with Crippen molar-refractivity contribution in [3.05, 3.63) is 95.6 Å². The summed E-state index contributed by atoms with van der Waals surface area (Å²) in [7, 11) is 0. The fraction of sp³-hybridized carbons (Fsp3) is 0.250. The molecule has 4 nitrogen and oxygen atoms in total. The zero-order valence-electron chi connectivity index (χ0n) is 16.9. The zero-order valence-corrected chi connectivity index (χ0v) is 19.2. The Balaban J connectivity index is 0.00000205. The molecule has 0 atom stereocenters. The minimum absolute atomic E-state index is 0. The first kappa shape index (κ1) is 19.8. The molecule has 1 aliphatic heterocycles. The molecule has 148 valence electrons. The topological polar surface area (TPSA) is 35.6 Å². The van der Waals surface area contributed by atoms with Crippen LogP contribution in [0.2, 0.25) is 0 Å². The van der Waals surface area contributed by atoms with Gasteiger partial charge in [-0.1, -0.05) is 13.8 Å². The second-order valence-corrected chi connectivity index (χ2v) is 8.44. The number of hydrogen-bond donors (Lipinski definition) is 0. The third-order valence-corrected chi connectivity index (χ3v) is 5.86. The maximum absolute atomic E-state index is 4.86. The van der Waals surface area contributed by atoms with E-state index in [9.17, 15) is 0 Å². The molecule has 2 aromatic heterocycles. The normalized spacial score (nSPS) is 15.9. The van der Waals surface area contributed by atoms with Crippen molar-refractivity contribution in [2.24, 2.45) is 0 Å². The van der Waals surface area contributed by atoms with E-state index in [0.29, 0.717) is 0 Å². The molecule has 0 radical (unpaired) electrons. The van der Waals surface area contributed by atoms with Gasteiger partial charge in [0.1, 0.15) is 0 Å².